The maximum absolute atomic E-state index is 12.8. The van der Waals surface area contributed by atoms with Crippen molar-refractivity contribution >= 4 is 34.3 Å². The highest BCUT2D eigenvalue weighted by atomic mass is 16.5. The number of urea groups is 1. The van der Waals surface area contributed by atoms with E-state index in [1.54, 1.807) is 28.8 Å². The van der Waals surface area contributed by atoms with Crippen LogP contribution in [0.3, 0.4) is 0 Å². The van der Waals surface area contributed by atoms with Gasteiger partial charge in [0.05, 0.1) is 23.9 Å². The Morgan fingerprint density at radius 1 is 1.09 bits per heavy atom. The van der Waals surface area contributed by atoms with E-state index in [1.807, 2.05) is 33.0 Å². The number of hydrogen-bond acceptors (Lipinski definition) is 5. The van der Waals surface area contributed by atoms with Gasteiger partial charge in [-0.1, -0.05) is 12.1 Å². The van der Waals surface area contributed by atoms with Crippen molar-refractivity contribution in [1.29, 1.82) is 0 Å². The summed E-state index contributed by atoms with van der Waals surface area (Å²) in [6.45, 7) is 5.48. The van der Waals surface area contributed by atoms with E-state index in [2.05, 4.69) is 20.7 Å². The van der Waals surface area contributed by atoms with Gasteiger partial charge < -0.3 is 20.3 Å². The van der Waals surface area contributed by atoms with Crippen LogP contribution in [0.5, 0.6) is 5.88 Å². The number of pyridine rings is 1. The molecule has 174 valence electrons. The summed E-state index contributed by atoms with van der Waals surface area (Å²) >= 11 is 0. The number of likely N-dealkylation sites (tertiary alicyclic amines) is 1. The van der Waals surface area contributed by atoms with Gasteiger partial charge >= 0.3 is 6.03 Å². The summed E-state index contributed by atoms with van der Waals surface area (Å²) in [6.07, 6.45) is 2.87. The van der Waals surface area contributed by atoms with E-state index in [-0.39, 0.29) is 18.4 Å². The molecule has 1 aliphatic rings. The second-order valence-corrected chi connectivity index (χ2v) is 8.35. The number of anilines is 2. The molecule has 0 aliphatic carbocycles. The van der Waals surface area contributed by atoms with Crippen LogP contribution in [0.15, 0.2) is 24.3 Å². The lowest BCUT2D eigenvalue weighted by Gasteiger charge is -2.18. The number of nitrogens with zero attached hydrogens (tertiary/aromatic N) is 4. The number of rotatable bonds is 6. The number of carbonyl (C=O) groups is 2. The topological polar surface area (TPSA) is 101 Å². The molecular weight excluding hydrogens is 420 g/mol. The van der Waals surface area contributed by atoms with E-state index in [0.717, 1.165) is 53.8 Å². The molecule has 3 amide bonds. The van der Waals surface area contributed by atoms with Gasteiger partial charge in [0.1, 0.15) is 0 Å². The molecule has 0 unspecified atom stereocenters. The smallest absolute Gasteiger partial charge is 0.321 e. The van der Waals surface area contributed by atoms with Gasteiger partial charge in [-0.2, -0.15) is 0 Å². The highest BCUT2D eigenvalue weighted by Crippen LogP contribution is 2.30. The van der Waals surface area contributed by atoms with Gasteiger partial charge in [-0.25, -0.2) is 14.5 Å². The van der Waals surface area contributed by atoms with Crippen LogP contribution in [-0.4, -0.2) is 51.8 Å². The monoisotopic (exact) mass is 450 g/mol. The number of methoxy groups -OCH3 is 1. The fourth-order valence-corrected chi connectivity index (χ4v) is 4.37. The van der Waals surface area contributed by atoms with Crippen molar-refractivity contribution in [3.05, 3.63) is 41.1 Å². The van der Waals surface area contributed by atoms with Crippen LogP contribution in [0.4, 0.5) is 16.2 Å². The van der Waals surface area contributed by atoms with E-state index in [9.17, 15) is 9.59 Å². The number of nitrogens with one attached hydrogen (secondary N) is 2. The highest BCUT2D eigenvalue weighted by Gasteiger charge is 2.20. The normalized spacial score (nSPS) is 13.4. The molecule has 1 saturated heterocycles. The predicted molar refractivity (Wildman–Crippen MR) is 128 cm³/mol. The largest absolute Gasteiger partial charge is 0.479 e. The average Bonchev–Trinajstić information content (AvgIpc) is 3.43. The molecule has 1 aliphatic heterocycles. The van der Waals surface area contributed by atoms with Crippen molar-refractivity contribution in [3.8, 4) is 5.88 Å². The van der Waals surface area contributed by atoms with Gasteiger partial charge in [0.25, 0.3) is 0 Å². The molecule has 9 nitrogen and oxygen atoms in total. The second-order valence-electron chi connectivity index (χ2n) is 8.35. The van der Waals surface area contributed by atoms with Gasteiger partial charge in [0, 0.05) is 32.3 Å². The Hall–Kier alpha value is -3.62. The Labute approximate surface area is 193 Å². The van der Waals surface area contributed by atoms with Gasteiger partial charge in [0.2, 0.25) is 11.8 Å². The first-order valence-corrected chi connectivity index (χ1v) is 11.2. The molecular formula is C24H30N6O3. The summed E-state index contributed by atoms with van der Waals surface area (Å²) in [5.41, 5.74) is 4.85. The molecule has 0 radical (unpaired) electrons. The number of aromatic nitrogens is 3. The lowest BCUT2D eigenvalue weighted by atomic mass is 10.00. The molecule has 2 N–H and O–H groups in total. The Kier molecular flexibility index (Phi) is 6.48. The van der Waals surface area contributed by atoms with Crippen LogP contribution >= 0.6 is 0 Å². The lowest BCUT2D eigenvalue weighted by Crippen LogP contribution is -2.32. The number of carbonyl (C=O) groups excluding carboxylic acids is 2. The number of para-hydroxylation sites is 2. The van der Waals surface area contributed by atoms with Gasteiger partial charge in [0.15, 0.2) is 5.65 Å². The molecule has 2 aromatic heterocycles. The first-order valence-electron chi connectivity index (χ1n) is 11.2. The van der Waals surface area contributed by atoms with Crippen molar-refractivity contribution in [1.82, 2.24) is 19.7 Å². The third-order valence-electron chi connectivity index (χ3n) is 6.15. The van der Waals surface area contributed by atoms with Crippen LogP contribution in [0.2, 0.25) is 0 Å². The van der Waals surface area contributed by atoms with Crippen molar-refractivity contribution in [2.75, 3.05) is 30.8 Å². The Bertz CT molecular complexity index is 1200. The quantitative estimate of drug-likeness (QED) is 0.595. The second kappa shape index (κ2) is 9.48. The lowest BCUT2D eigenvalue weighted by molar-refractivity contribution is -0.116. The van der Waals surface area contributed by atoms with Crippen LogP contribution in [-0.2, 0) is 18.3 Å². The Morgan fingerprint density at radius 3 is 2.42 bits per heavy atom. The number of aryl methyl sites for hydroxylation is 3. The van der Waals surface area contributed by atoms with Crippen LogP contribution in [0.25, 0.3) is 11.0 Å². The number of amides is 3. The first kappa shape index (κ1) is 22.6. The van der Waals surface area contributed by atoms with Crippen LogP contribution in [0, 0.1) is 13.8 Å². The van der Waals surface area contributed by atoms with Crippen molar-refractivity contribution in [3.63, 3.8) is 0 Å². The summed E-state index contributed by atoms with van der Waals surface area (Å²) in [5.74, 6) is 0.404. The molecule has 0 spiro atoms. The minimum atomic E-state index is -0.134. The third kappa shape index (κ3) is 4.62. The molecule has 0 atom stereocenters. The van der Waals surface area contributed by atoms with Gasteiger partial charge in [-0.05, 0) is 56.4 Å². The molecule has 1 aromatic carbocycles. The van der Waals surface area contributed by atoms with E-state index in [4.69, 9.17) is 4.74 Å². The number of benzene rings is 1. The average molecular weight is 451 g/mol. The molecule has 0 bridgehead atoms. The SMILES string of the molecule is COc1nn(C)c2nc(C)c(CCC(=O)Nc3ccccc3NC(=O)N3CCCC3)c(C)c12. The molecule has 4 rings (SSSR count). The van der Waals surface area contributed by atoms with Crippen molar-refractivity contribution < 1.29 is 14.3 Å². The summed E-state index contributed by atoms with van der Waals surface area (Å²) in [6, 6.07) is 7.13. The Morgan fingerprint density at radius 2 is 1.76 bits per heavy atom. The number of ether oxygens (including phenoxy) is 1. The zero-order valence-corrected chi connectivity index (χ0v) is 19.6. The number of hydrogen-bond donors (Lipinski definition) is 2. The summed E-state index contributed by atoms with van der Waals surface area (Å²) < 4.78 is 7.13. The predicted octanol–water partition coefficient (Wildman–Crippen LogP) is 3.79. The highest BCUT2D eigenvalue weighted by molar-refractivity contribution is 5.99. The zero-order chi connectivity index (χ0) is 23.5. The van der Waals surface area contributed by atoms with Crippen LogP contribution in [0.1, 0.15) is 36.1 Å². The maximum Gasteiger partial charge on any atom is 0.321 e. The molecule has 1 fully saturated rings. The Balaban J connectivity index is 1.46. The molecule has 0 saturated carbocycles. The maximum atomic E-state index is 12.8. The summed E-state index contributed by atoms with van der Waals surface area (Å²) in [5, 5.41) is 11.1. The molecule has 3 aromatic rings. The number of fused-ring (bicyclic) bond motifs is 1. The van der Waals surface area contributed by atoms with Gasteiger partial charge in [-0.3, -0.25) is 4.79 Å². The standard InChI is InChI=1S/C24H30N6O3/c1-15-17(16(2)25-22-21(15)23(33-4)28-29(22)3)11-12-20(31)26-18-9-5-6-10-19(18)27-24(32)30-13-7-8-14-30/h5-6,9-10H,7-8,11-14H2,1-4H3,(H,26,31)(H,27,32). The van der Waals surface area contributed by atoms with Crippen LogP contribution < -0.4 is 15.4 Å². The van der Waals surface area contributed by atoms with Gasteiger partial charge in [-0.15, -0.1) is 5.10 Å². The zero-order valence-electron chi connectivity index (χ0n) is 19.6. The minimum absolute atomic E-state index is 0.130. The van der Waals surface area contributed by atoms with Crippen molar-refractivity contribution in [2.45, 2.75) is 39.5 Å². The first-order chi connectivity index (χ1) is 15.9. The minimum Gasteiger partial charge on any atom is -0.479 e. The summed E-state index contributed by atoms with van der Waals surface area (Å²) in [7, 11) is 3.43. The van der Waals surface area contributed by atoms with Crippen molar-refractivity contribution in [2.24, 2.45) is 7.05 Å². The molecule has 9 heteroatoms. The fourth-order valence-electron chi connectivity index (χ4n) is 4.37. The summed E-state index contributed by atoms with van der Waals surface area (Å²) in [4.78, 5) is 31.8. The molecule has 33 heavy (non-hydrogen) atoms. The third-order valence-corrected chi connectivity index (χ3v) is 6.15. The van der Waals surface area contributed by atoms with E-state index < -0.39 is 0 Å². The van der Waals surface area contributed by atoms with E-state index in [1.165, 1.54) is 0 Å². The van der Waals surface area contributed by atoms with E-state index in [0.29, 0.717) is 23.7 Å². The molecule has 3 heterocycles. The van der Waals surface area contributed by atoms with E-state index >= 15 is 0 Å². The fraction of sp³-hybridized carbons (Fsp3) is 0.417.